The van der Waals surface area contributed by atoms with Gasteiger partial charge < -0.3 is 19.9 Å². The summed E-state index contributed by atoms with van der Waals surface area (Å²) in [5, 5.41) is 3.42. The van der Waals surface area contributed by atoms with Crippen LogP contribution < -0.4 is 5.32 Å². The Labute approximate surface area is 122 Å². The van der Waals surface area contributed by atoms with Gasteiger partial charge in [0.1, 0.15) is 0 Å². The molecule has 2 unspecified atom stereocenters. The molecule has 1 aliphatic carbocycles. The summed E-state index contributed by atoms with van der Waals surface area (Å²) in [4.78, 5) is 16.4. The highest BCUT2D eigenvalue weighted by atomic mass is 16.5. The molecule has 0 aromatic heterocycles. The lowest BCUT2D eigenvalue weighted by Gasteiger charge is -2.52. The Morgan fingerprint density at radius 3 is 2.50 bits per heavy atom. The van der Waals surface area contributed by atoms with E-state index >= 15 is 0 Å². The zero-order chi connectivity index (χ0) is 14.8. The third kappa shape index (κ3) is 3.32. The van der Waals surface area contributed by atoms with Crippen LogP contribution in [0.4, 0.5) is 0 Å². The lowest BCUT2D eigenvalue weighted by molar-refractivity contribution is -0.135. The van der Waals surface area contributed by atoms with Crippen LogP contribution in [0.5, 0.6) is 0 Å². The Hall–Kier alpha value is -0.650. The van der Waals surface area contributed by atoms with Crippen LogP contribution in [0.3, 0.4) is 0 Å². The molecule has 5 nitrogen and oxygen atoms in total. The number of nitrogens with zero attached hydrogens (tertiary/aromatic N) is 2. The second-order valence-electron chi connectivity index (χ2n) is 6.62. The fourth-order valence-corrected chi connectivity index (χ4v) is 3.09. The maximum Gasteiger partial charge on any atom is 0.236 e. The van der Waals surface area contributed by atoms with E-state index in [0.29, 0.717) is 18.7 Å². The summed E-state index contributed by atoms with van der Waals surface area (Å²) in [6.07, 6.45) is 1.33. The molecule has 0 aromatic rings. The number of hydrogen-bond acceptors (Lipinski definition) is 4. The largest absolute Gasteiger partial charge is 0.378 e. The van der Waals surface area contributed by atoms with Gasteiger partial charge in [-0.15, -0.1) is 0 Å². The van der Waals surface area contributed by atoms with E-state index < -0.39 is 0 Å². The molecule has 1 aliphatic heterocycles. The van der Waals surface area contributed by atoms with Gasteiger partial charge in [-0.25, -0.2) is 0 Å². The first-order chi connectivity index (χ1) is 9.45. The number of amides is 1. The van der Waals surface area contributed by atoms with Crippen LogP contribution in [0.25, 0.3) is 0 Å². The second kappa shape index (κ2) is 6.41. The van der Waals surface area contributed by atoms with Crippen LogP contribution in [-0.2, 0) is 9.53 Å². The van der Waals surface area contributed by atoms with E-state index in [1.165, 1.54) is 0 Å². The molecule has 1 heterocycles. The molecule has 2 aliphatic rings. The lowest BCUT2D eigenvalue weighted by Crippen LogP contribution is -2.62. The monoisotopic (exact) mass is 283 g/mol. The van der Waals surface area contributed by atoms with Gasteiger partial charge in [0.15, 0.2) is 0 Å². The molecule has 5 heteroatoms. The van der Waals surface area contributed by atoms with Crippen molar-refractivity contribution in [2.75, 3.05) is 46.4 Å². The molecule has 0 bridgehead atoms. The van der Waals surface area contributed by atoms with Crippen molar-refractivity contribution in [1.82, 2.24) is 15.1 Å². The summed E-state index contributed by atoms with van der Waals surface area (Å²) >= 11 is 0. The second-order valence-corrected chi connectivity index (χ2v) is 6.62. The van der Waals surface area contributed by atoms with E-state index in [4.69, 9.17) is 4.74 Å². The highest BCUT2D eigenvalue weighted by Gasteiger charge is 2.48. The van der Waals surface area contributed by atoms with Crippen molar-refractivity contribution in [1.29, 1.82) is 0 Å². The Morgan fingerprint density at radius 1 is 1.30 bits per heavy atom. The van der Waals surface area contributed by atoms with Crippen molar-refractivity contribution >= 4 is 5.91 Å². The minimum absolute atomic E-state index is 0.123. The number of hydrogen-bond donors (Lipinski definition) is 1. The molecule has 2 rings (SSSR count). The molecular formula is C15H29N3O2. The van der Waals surface area contributed by atoms with Gasteiger partial charge in [-0.2, -0.15) is 0 Å². The van der Waals surface area contributed by atoms with E-state index in [0.717, 1.165) is 39.2 Å². The van der Waals surface area contributed by atoms with Gasteiger partial charge >= 0.3 is 0 Å². The number of likely N-dealkylation sites (N-methyl/N-ethyl adjacent to an activating group) is 1. The molecule has 0 spiro atoms. The standard InChI is InChI=1S/C15H29N3O2/c1-5-20-13-10-12(15(13,2)3)16-11-14(19)18-8-6-17(4)7-9-18/h12-13,16H,5-11H2,1-4H3. The van der Waals surface area contributed by atoms with Crippen LogP contribution in [-0.4, -0.2) is 74.2 Å². The molecule has 1 N–H and O–H groups in total. The van der Waals surface area contributed by atoms with Gasteiger partial charge in [0.2, 0.25) is 5.91 Å². The number of piperazine rings is 1. The van der Waals surface area contributed by atoms with E-state index in [9.17, 15) is 4.79 Å². The van der Waals surface area contributed by atoms with Crippen LogP contribution in [0, 0.1) is 5.41 Å². The molecule has 20 heavy (non-hydrogen) atoms. The van der Waals surface area contributed by atoms with Crippen molar-refractivity contribution in [3.05, 3.63) is 0 Å². The summed E-state index contributed by atoms with van der Waals surface area (Å²) in [5.41, 5.74) is 0.123. The molecular weight excluding hydrogens is 254 g/mol. The molecule has 116 valence electrons. The van der Waals surface area contributed by atoms with Crippen molar-refractivity contribution in [2.24, 2.45) is 5.41 Å². The van der Waals surface area contributed by atoms with Gasteiger partial charge in [0.05, 0.1) is 12.6 Å². The first-order valence-corrected chi connectivity index (χ1v) is 7.76. The summed E-state index contributed by atoms with van der Waals surface area (Å²) < 4.78 is 5.72. The Bertz CT molecular complexity index is 338. The van der Waals surface area contributed by atoms with E-state index in [1.807, 2.05) is 11.8 Å². The molecule has 2 atom stereocenters. The van der Waals surface area contributed by atoms with Gasteiger partial charge in [-0.1, -0.05) is 13.8 Å². The smallest absolute Gasteiger partial charge is 0.236 e. The normalized spacial score (nSPS) is 30.1. The van der Waals surface area contributed by atoms with Crippen molar-refractivity contribution < 1.29 is 9.53 Å². The summed E-state index contributed by atoms with van der Waals surface area (Å²) in [5.74, 6) is 0.230. The third-order valence-electron chi connectivity index (χ3n) is 4.90. The van der Waals surface area contributed by atoms with Gasteiger partial charge in [0.25, 0.3) is 0 Å². The van der Waals surface area contributed by atoms with E-state index in [2.05, 4.69) is 31.1 Å². The third-order valence-corrected chi connectivity index (χ3v) is 4.90. The zero-order valence-corrected chi connectivity index (χ0v) is 13.3. The van der Waals surface area contributed by atoms with Crippen molar-refractivity contribution in [3.8, 4) is 0 Å². The first-order valence-electron chi connectivity index (χ1n) is 7.76. The Kier molecular flexibility index (Phi) is 5.04. The number of ether oxygens (including phenoxy) is 1. The molecule has 2 fully saturated rings. The van der Waals surface area contributed by atoms with Gasteiger partial charge in [0, 0.05) is 44.2 Å². The zero-order valence-electron chi connectivity index (χ0n) is 13.3. The molecule has 0 aromatic carbocycles. The number of carbonyl (C=O) groups is 1. The fourth-order valence-electron chi connectivity index (χ4n) is 3.09. The van der Waals surface area contributed by atoms with Crippen LogP contribution in [0.15, 0.2) is 0 Å². The summed E-state index contributed by atoms with van der Waals surface area (Å²) in [6.45, 7) is 11.4. The SMILES string of the molecule is CCOC1CC(NCC(=O)N2CCN(C)CC2)C1(C)C. The van der Waals surface area contributed by atoms with Gasteiger partial charge in [-0.05, 0) is 20.4 Å². The average molecular weight is 283 g/mol. The maximum absolute atomic E-state index is 12.2. The quantitative estimate of drug-likeness (QED) is 0.800. The van der Waals surface area contributed by atoms with Crippen LogP contribution in [0.2, 0.25) is 0 Å². The Balaban J connectivity index is 1.72. The maximum atomic E-state index is 12.2. The minimum atomic E-state index is 0.123. The van der Waals surface area contributed by atoms with Crippen molar-refractivity contribution in [2.45, 2.75) is 39.3 Å². The highest BCUT2D eigenvalue weighted by molar-refractivity contribution is 5.78. The predicted molar refractivity (Wildman–Crippen MR) is 79.7 cm³/mol. The van der Waals surface area contributed by atoms with Gasteiger partial charge in [-0.3, -0.25) is 4.79 Å². The van der Waals surface area contributed by atoms with E-state index in [1.54, 1.807) is 0 Å². The highest BCUT2D eigenvalue weighted by Crippen LogP contribution is 2.42. The Morgan fingerprint density at radius 2 is 1.95 bits per heavy atom. The topological polar surface area (TPSA) is 44.8 Å². The van der Waals surface area contributed by atoms with E-state index in [-0.39, 0.29) is 11.3 Å². The number of rotatable bonds is 5. The summed E-state index contributed by atoms with van der Waals surface area (Å²) in [7, 11) is 2.10. The number of nitrogens with one attached hydrogen (secondary N) is 1. The molecule has 1 saturated heterocycles. The lowest BCUT2D eigenvalue weighted by atomic mass is 9.64. The first kappa shape index (κ1) is 15.7. The molecule has 1 saturated carbocycles. The minimum Gasteiger partial charge on any atom is -0.378 e. The van der Waals surface area contributed by atoms with Crippen LogP contribution >= 0.6 is 0 Å². The summed E-state index contributed by atoms with van der Waals surface area (Å²) in [6, 6.07) is 0.385. The predicted octanol–water partition coefficient (Wildman–Crippen LogP) is 0.554. The molecule has 0 radical (unpaired) electrons. The van der Waals surface area contributed by atoms with Crippen LogP contribution in [0.1, 0.15) is 27.2 Å². The van der Waals surface area contributed by atoms with Crippen molar-refractivity contribution in [3.63, 3.8) is 0 Å². The fraction of sp³-hybridized carbons (Fsp3) is 0.933. The molecule has 1 amide bonds. The number of carbonyl (C=O) groups excluding carboxylic acids is 1. The average Bonchev–Trinajstić information content (AvgIpc) is 2.42.